The standard InChI is InChI=1S/C10H14N6/c1-2-4-7-8-9(12)13-14-10(8)16(15-7)6-3-5-11/h2-4,6H2,1H3,(H3,12,13,14). The van der Waals surface area contributed by atoms with Crippen LogP contribution in [0.15, 0.2) is 0 Å². The molecular weight excluding hydrogens is 204 g/mol. The summed E-state index contributed by atoms with van der Waals surface area (Å²) in [5, 5.41) is 20.8. The molecule has 0 aliphatic rings. The molecule has 0 radical (unpaired) electrons. The van der Waals surface area contributed by atoms with Gasteiger partial charge in [-0.1, -0.05) is 13.3 Å². The van der Waals surface area contributed by atoms with Crippen LogP contribution in [0, 0.1) is 11.3 Å². The monoisotopic (exact) mass is 218 g/mol. The summed E-state index contributed by atoms with van der Waals surface area (Å²) in [7, 11) is 0. The van der Waals surface area contributed by atoms with Crippen molar-refractivity contribution >= 4 is 16.9 Å². The molecule has 6 nitrogen and oxygen atoms in total. The highest BCUT2D eigenvalue weighted by Gasteiger charge is 2.15. The van der Waals surface area contributed by atoms with E-state index in [0.29, 0.717) is 18.8 Å². The number of hydrogen-bond donors (Lipinski definition) is 2. The Labute approximate surface area is 93.0 Å². The summed E-state index contributed by atoms with van der Waals surface area (Å²) < 4.78 is 1.75. The van der Waals surface area contributed by atoms with Gasteiger partial charge in [-0.25, -0.2) is 4.68 Å². The Hall–Kier alpha value is -2.03. The molecule has 0 aromatic carbocycles. The average Bonchev–Trinajstić information content (AvgIpc) is 2.80. The lowest BCUT2D eigenvalue weighted by Gasteiger charge is -1.96. The van der Waals surface area contributed by atoms with Gasteiger partial charge >= 0.3 is 0 Å². The molecule has 2 heterocycles. The van der Waals surface area contributed by atoms with Gasteiger partial charge in [0.05, 0.1) is 30.1 Å². The Bertz CT molecular complexity index is 529. The number of nitrogens with zero attached hydrogens (tertiary/aromatic N) is 4. The van der Waals surface area contributed by atoms with E-state index in [4.69, 9.17) is 11.0 Å². The fourth-order valence-electron chi connectivity index (χ4n) is 1.78. The van der Waals surface area contributed by atoms with E-state index in [9.17, 15) is 0 Å². The van der Waals surface area contributed by atoms with E-state index in [0.717, 1.165) is 29.6 Å². The van der Waals surface area contributed by atoms with Gasteiger partial charge in [-0.05, 0) is 6.42 Å². The number of aryl methyl sites for hydroxylation is 2. The number of nitrogens with one attached hydrogen (secondary N) is 1. The largest absolute Gasteiger partial charge is 0.383 e. The van der Waals surface area contributed by atoms with Crippen LogP contribution in [0.3, 0.4) is 0 Å². The Morgan fingerprint density at radius 2 is 2.38 bits per heavy atom. The van der Waals surface area contributed by atoms with Crippen LogP contribution in [0.4, 0.5) is 5.82 Å². The van der Waals surface area contributed by atoms with E-state index >= 15 is 0 Å². The number of aromatic nitrogens is 4. The van der Waals surface area contributed by atoms with Gasteiger partial charge in [-0.3, -0.25) is 5.10 Å². The minimum absolute atomic E-state index is 0.426. The van der Waals surface area contributed by atoms with Gasteiger partial charge in [-0.2, -0.15) is 15.5 Å². The van der Waals surface area contributed by atoms with Crippen LogP contribution < -0.4 is 5.73 Å². The van der Waals surface area contributed by atoms with Gasteiger partial charge in [0.25, 0.3) is 0 Å². The van der Waals surface area contributed by atoms with Crippen molar-refractivity contribution < 1.29 is 0 Å². The Morgan fingerprint density at radius 3 is 3.06 bits per heavy atom. The molecule has 0 unspecified atom stereocenters. The molecule has 2 aromatic rings. The van der Waals surface area contributed by atoms with Gasteiger partial charge in [0.1, 0.15) is 5.82 Å². The van der Waals surface area contributed by atoms with Gasteiger partial charge < -0.3 is 5.73 Å². The fourth-order valence-corrected chi connectivity index (χ4v) is 1.78. The molecule has 2 aromatic heterocycles. The van der Waals surface area contributed by atoms with E-state index in [-0.39, 0.29) is 0 Å². The normalized spacial score (nSPS) is 10.8. The van der Waals surface area contributed by atoms with E-state index in [2.05, 4.69) is 28.3 Å². The van der Waals surface area contributed by atoms with Crippen LogP contribution in [-0.2, 0) is 13.0 Å². The van der Waals surface area contributed by atoms with E-state index in [1.807, 2.05) is 0 Å². The third-order valence-electron chi connectivity index (χ3n) is 2.47. The topological polar surface area (TPSA) is 96.3 Å². The molecule has 3 N–H and O–H groups in total. The number of nitriles is 1. The van der Waals surface area contributed by atoms with Crippen LogP contribution in [0.25, 0.3) is 11.0 Å². The van der Waals surface area contributed by atoms with Crippen molar-refractivity contribution in [3.8, 4) is 6.07 Å². The molecule has 0 spiro atoms. The lowest BCUT2D eigenvalue weighted by Crippen LogP contribution is -2.01. The van der Waals surface area contributed by atoms with E-state index in [1.54, 1.807) is 4.68 Å². The predicted octanol–water partition coefficient (Wildman–Crippen LogP) is 1.21. The zero-order valence-electron chi connectivity index (χ0n) is 9.19. The smallest absolute Gasteiger partial charge is 0.182 e. The summed E-state index contributed by atoms with van der Waals surface area (Å²) in [4.78, 5) is 0. The van der Waals surface area contributed by atoms with Crippen molar-refractivity contribution in [2.75, 3.05) is 5.73 Å². The third kappa shape index (κ3) is 1.60. The first-order chi connectivity index (χ1) is 7.77. The highest BCUT2D eigenvalue weighted by atomic mass is 15.3. The van der Waals surface area contributed by atoms with Crippen molar-refractivity contribution in [1.29, 1.82) is 5.26 Å². The van der Waals surface area contributed by atoms with Crippen LogP contribution in [-0.4, -0.2) is 20.0 Å². The number of aromatic amines is 1. The second-order valence-electron chi connectivity index (χ2n) is 3.66. The number of H-pyrrole nitrogens is 1. The molecule has 16 heavy (non-hydrogen) atoms. The third-order valence-corrected chi connectivity index (χ3v) is 2.47. The van der Waals surface area contributed by atoms with Crippen molar-refractivity contribution in [1.82, 2.24) is 20.0 Å². The van der Waals surface area contributed by atoms with Crippen LogP contribution >= 0.6 is 0 Å². The summed E-state index contributed by atoms with van der Waals surface area (Å²) >= 11 is 0. The van der Waals surface area contributed by atoms with Gasteiger partial charge in [0.2, 0.25) is 0 Å². The molecule has 0 aliphatic carbocycles. The van der Waals surface area contributed by atoms with E-state index in [1.165, 1.54) is 0 Å². The molecule has 84 valence electrons. The summed E-state index contributed by atoms with van der Waals surface area (Å²) in [6.45, 7) is 2.65. The summed E-state index contributed by atoms with van der Waals surface area (Å²) in [6, 6.07) is 2.10. The first kappa shape index (κ1) is 10.5. The molecule has 6 heteroatoms. The van der Waals surface area contributed by atoms with Gasteiger partial charge in [0, 0.05) is 0 Å². The quantitative estimate of drug-likeness (QED) is 0.806. The Balaban J connectivity index is 2.46. The highest BCUT2D eigenvalue weighted by molar-refractivity contribution is 5.88. The minimum atomic E-state index is 0.426. The SMILES string of the molecule is CCCc1nn(CCC#N)c2n[nH]c(N)c12. The van der Waals surface area contributed by atoms with Crippen molar-refractivity contribution in [2.24, 2.45) is 0 Å². The van der Waals surface area contributed by atoms with Crippen LogP contribution in [0.2, 0.25) is 0 Å². The van der Waals surface area contributed by atoms with Crippen molar-refractivity contribution in [3.05, 3.63) is 5.69 Å². The van der Waals surface area contributed by atoms with Gasteiger partial charge in [-0.15, -0.1) is 0 Å². The van der Waals surface area contributed by atoms with Crippen molar-refractivity contribution in [3.63, 3.8) is 0 Å². The van der Waals surface area contributed by atoms with Crippen molar-refractivity contribution in [2.45, 2.75) is 32.7 Å². The van der Waals surface area contributed by atoms with E-state index < -0.39 is 0 Å². The molecule has 0 saturated carbocycles. The molecular formula is C10H14N6. The summed E-state index contributed by atoms with van der Waals surface area (Å²) in [5.41, 5.74) is 7.52. The second-order valence-corrected chi connectivity index (χ2v) is 3.66. The molecule has 2 rings (SSSR count). The maximum absolute atomic E-state index is 8.57. The second kappa shape index (κ2) is 4.23. The predicted molar refractivity (Wildman–Crippen MR) is 60.5 cm³/mol. The van der Waals surface area contributed by atoms with Gasteiger partial charge in [0.15, 0.2) is 5.65 Å². The highest BCUT2D eigenvalue weighted by Crippen LogP contribution is 2.23. The van der Waals surface area contributed by atoms with Crippen LogP contribution in [0.1, 0.15) is 25.5 Å². The van der Waals surface area contributed by atoms with Crippen LogP contribution in [0.5, 0.6) is 0 Å². The average molecular weight is 218 g/mol. The Kier molecular flexibility index (Phi) is 2.77. The molecule has 0 bridgehead atoms. The maximum Gasteiger partial charge on any atom is 0.182 e. The lowest BCUT2D eigenvalue weighted by molar-refractivity contribution is 0.626. The summed E-state index contributed by atoms with van der Waals surface area (Å²) in [5.74, 6) is 0.557. The number of fused-ring (bicyclic) bond motifs is 1. The first-order valence-corrected chi connectivity index (χ1v) is 5.34. The molecule has 0 saturated heterocycles. The molecule has 0 fully saturated rings. The zero-order chi connectivity index (χ0) is 11.5. The molecule has 0 atom stereocenters. The number of nitrogens with two attached hydrogens (primary N) is 1. The zero-order valence-corrected chi connectivity index (χ0v) is 9.19. The molecule has 0 aliphatic heterocycles. The first-order valence-electron chi connectivity index (χ1n) is 5.34. The number of nitrogen functional groups attached to an aromatic ring is 1. The lowest BCUT2D eigenvalue weighted by atomic mass is 10.2. The fraction of sp³-hybridized carbons (Fsp3) is 0.500. The number of rotatable bonds is 4. The number of anilines is 1. The maximum atomic E-state index is 8.57. The Morgan fingerprint density at radius 1 is 1.56 bits per heavy atom. The minimum Gasteiger partial charge on any atom is -0.383 e. The summed E-state index contributed by atoms with van der Waals surface area (Å²) in [6.07, 6.45) is 2.31. The molecule has 0 amide bonds. The number of hydrogen-bond acceptors (Lipinski definition) is 4.